The number of rotatable bonds is 4. The highest BCUT2D eigenvalue weighted by Crippen LogP contribution is 2.39. The predicted molar refractivity (Wildman–Crippen MR) is 102 cm³/mol. The second-order valence-corrected chi connectivity index (χ2v) is 11.0. The van der Waals surface area contributed by atoms with Crippen molar-refractivity contribution in [3.05, 3.63) is 59.7 Å². The van der Waals surface area contributed by atoms with Crippen molar-refractivity contribution in [1.82, 2.24) is 0 Å². The van der Waals surface area contributed by atoms with Crippen molar-refractivity contribution in [1.29, 1.82) is 0 Å². The molecule has 2 atom stereocenters. The van der Waals surface area contributed by atoms with Crippen LogP contribution in [0.2, 0.25) is 0 Å². The summed E-state index contributed by atoms with van der Waals surface area (Å²) >= 11 is 7.09. The van der Waals surface area contributed by atoms with Gasteiger partial charge in [0.25, 0.3) is 0 Å². The van der Waals surface area contributed by atoms with E-state index in [1.807, 2.05) is 0 Å². The van der Waals surface area contributed by atoms with E-state index in [1.54, 1.807) is 0 Å². The molecule has 0 amide bonds. The Morgan fingerprint density at radius 2 is 1.77 bits per heavy atom. The summed E-state index contributed by atoms with van der Waals surface area (Å²) in [6.07, 6.45) is -0.422. The van der Waals surface area contributed by atoms with E-state index in [9.17, 15) is 5.11 Å². The van der Waals surface area contributed by atoms with Crippen molar-refractivity contribution in [2.24, 2.45) is 0 Å². The van der Waals surface area contributed by atoms with Gasteiger partial charge in [0.15, 0.2) is 0 Å². The van der Waals surface area contributed by atoms with Crippen LogP contribution in [-0.2, 0) is 5.04 Å². The normalized spacial score (nSPS) is 18.3. The fourth-order valence-corrected chi connectivity index (χ4v) is 8.68. The molecule has 22 heavy (non-hydrogen) atoms. The highest BCUT2D eigenvalue weighted by atomic mass is 79.9. The minimum absolute atomic E-state index is 0.0263. The predicted octanol–water partition coefficient (Wildman–Crippen LogP) is 3.32. The third-order valence-corrected chi connectivity index (χ3v) is 9.76. The molecule has 2 aromatic carbocycles. The van der Waals surface area contributed by atoms with Crippen LogP contribution >= 0.6 is 31.9 Å². The lowest BCUT2D eigenvalue weighted by Gasteiger charge is -2.36. The summed E-state index contributed by atoms with van der Waals surface area (Å²) in [6, 6.07) is 17.4. The Hall–Kier alpha value is -0.423. The largest absolute Gasteiger partial charge is 0.402 e. The van der Waals surface area contributed by atoms with Crippen LogP contribution in [0.1, 0.15) is 29.8 Å². The number of hydrogen-bond acceptors (Lipinski definition) is 1. The van der Waals surface area contributed by atoms with Gasteiger partial charge in [-0.15, -0.1) is 0 Å². The highest BCUT2D eigenvalue weighted by molar-refractivity contribution is 9.09. The van der Waals surface area contributed by atoms with Gasteiger partial charge in [0, 0.05) is 16.5 Å². The van der Waals surface area contributed by atoms with E-state index in [1.165, 1.54) is 21.5 Å². The van der Waals surface area contributed by atoms with Gasteiger partial charge in [-0.05, 0) is 26.0 Å². The maximum absolute atomic E-state index is 10.2. The first-order valence-electron chi connectivity index (χ1n) is 7.43. The lowest BCUT2D eigenvalue weighted by atomic mass is 9.95. The summed E-state index contributed by atoms with van der Waals surface area (Å²) in [4.78, 5) is -0.0263. The molecule has 0 saturated carbocycles. The second kappa shape index (κ2) is 6.23. The van der Waals surface area contributed by atoms with E-state index in [2.05, 4.69) is 94.2 Å². The molecule has 0 fully saturated rings. The molecule has 1 aliphatic heterocycles. The smallest absolute Gasteiger partial charge is 0.391 e. The van der Waals surface area contributed by atoms with Gasteiger partial charge in [-0.3, -0.25) is 0 Å². The van der Waals surface area contributed by atoms with Crippen LogP contribution in [0, 0.1) is 0 Å². The Kier molecular flexibility index (Phi) is 4.65. The van der Waals surface area contributed by atoms with Crippen molar-refractivity contribution >= 4 is 51.0 Å². The molecule has 0 aromatic heterocycles. The maximum Gasteiger partial charge on any atom is 0.402 e. The minimum atomic E-state index is -0.831. The van der Waals surface area contributed by atoms with E-state index in [0.717, 1.165) is 0 Å². The van der Waals surface area contributed by atoms with E-state index >= 15 is 0 Å². The van der Waals surface area contributed by atoms with Gasteiger partial charge in [-0.2, -0.15) is 0 Å². The Labute approximate surface area is 150 Å². The van der Waals surface area contributed by atoms with E-state index < -0.39 is 14.9 Å². The summed E-state index contributed by atoms with van der Waals surface area (Å²) in [7, 11) is -0.831. The summed E-state index contributed by atoms with van der Waals surface area (Å²) in [5, 5.41) is 13.9. The lowest BCUT2D eigenvalue weighted by molar-refractivity contribution is 0.200. The molecular formula is C18H19Br2OSi+. The zero-order chi connectivity index (χ0) is 15.9. The standard InChI is InChI=1S/C18H19Br2OSi/c1-18(2)14-10-6-9-13(16(20)15(21)11-19)17(14)22(18)12-7-4-3-5-8-12/h3-10,15-16,21H,11H2,1-2H3/q+1. The Bertz CT molecular complexity index is 672. The zero-order valence-corrected chi connectivity index (χ0v) is 16.9. The molecule has 0 bridgehead atoms. The molecule has 3 rings (SSSR count). The minimum Gasteiger partial charge on any atom is -0.391 e. The molecule has 2 aromatic rings. The first-order chi connectivity index (χ1) is 10.5. The molecule has 1 nitrogen and oxygen atoms in total. The van der Waals surface area contributed by atoms with Gasteiger partial charge in [0.2, 0.25) is 0 Å². The SMILES string of the molecule is CC1(C)c2cccc(C(Br)C(O)CBr)c2[Si+]1c1ccccc1. The van der Waals surface area contributed by atoms with E-state index in [0.29, 0.717) is 5.33 Å². The molecule has 114 valence electrons. The van der Waals surface area contributed by atoms with Crippen LogP contribution in [0.15, 0.2) is 48.5 Å². The van der Waals surface area contributed by atoms with Gasteiger partial charge in [-0.1, -0.05) is 68.3 Å². The van der Waals surface area contributed by atoms with Crippen molar-refractivity contribution in [3.63, 3.8) is 0 Å². The molecule has 4 heteroatoms. The summed E-state index contributed by atoms with van der Waals surface area (Å²) < 4.78 is 0. The van der Waals surface area contributed by atoms with Gasteiger partial charge in [0.05, 0.1) is 10.9 Å². The van der Waals surface area contributed by atoms with Crippen LogP contribution in [0.5, 0.6) is 0 Å². The van der Waals surface area contributed by atoms with Crippen molar-refractivity contribution in [2.45, 2.75) is 29.8 Å². The molecule has 1 aliphatic rings. The van der Waals surface area contributed by atoms with Crippen LogP contribution < -0.4 is 10.4 Å². The van der Waals surface area contributed by atoms with Crippen molar-refractivity contribution < 1.29 is 5.11 Å². The number of benzene rings is 2. The molecular weight excluding hydrogens is 420 g/mol. The Balaban J connectivity index is 2.11. The fourth-order valence-electron chi connectivity index (χ4n) is 3.38. The number of aliphatic hydroxyl groups is 1. The van der Waals surface area contributed by atoms with Crippen LogP contribution in [0.25, 0.3) is 0 Å². The first kappa shape index (κ1) is 16.4. The third-order valence-electron chi connectivity index (χ3n) is 4.50. The number of hydrogen-bond donors (Lipinski definition) is 1. The third kappa shape index (κ3) is 2.54. The van der Waals surface area contributed by atoms with Crippen LogP contribution in [0.4, 0.5) is 0 Å². The molecule has 0 radical (unpaired) electrons. The highest BCUT2D eigenvalue weighted by Gasteiger charge is 2.63. The quantitative estimate of drug-likeness (QED) is 0.573. The second-order valence-electron chi connectivity index (χ2n) is 6.26. The van der Waals surface area contributed by atoms with Gasteiger partial charge >= 0.3 is 8.80 Å². The average molecular weight is 439 g/mol. The molecule has 0 spiro atoms. The van der Waals surface area contributed by atoms with E-state index in [4.69, 9.17) is 0 Å². The van der Waals surface area contributed by atoms with Crippen LogP contribution in [-0.4, -0.2) is 25.3 Å². The number of alkyl halides is 2. The summed E-state index contributed by atoms with van der Waals surface area (Å²) in [5.41, 5.74) is 2.69. The summed E-state index contributed by atoms with van der Waals surface area (Å²) in [6.45, 7) is 4.70. The topological polar surface area (TPSA) is 20.2 Å². The maximum atomic E-state index is 10.2. The molecule has 0 saturated heterocycles. The molecule has 2 unspecified atom stereocenters. The zero-order valence-electron chi connectivity index (χ0n) is 12.7. The molecule has 0 aliphatic carbocycles. The van der Waals surface area contributed by atoms with E-state index in [-0.39, 0.29) is 9.87 Å². The van der Waals surface area contributed by atoms with Gasteiger partial charge < -0.3 is 5.11 Å². The average Bonchev–Trinajstić information content (AvgIpc) is 2.54. The first-order valence-corrected chi connectivity index (χ1v) is 11.0. The number of fused-ring (bicyclic) bond motifs is 1. The lowest BCUT2D eigenvalue weighted by Crippen LogP contribution is -2.68. The van der Waals surface area contributed by atoms with Gasteiger partial charge in [-0.25, -0.2) is 0 Å². The fraction of sp³-hybridized carbons (Fsp3) is 0.333. The monoisotopic (exact) mass is 437 g/mol. The van der Waals surface area contributed by atoms with Crippen LogP contribution in [0.3, 0.4) is 0 Å². The Morgan fingerprint density at radius 3 is 2.41 bits per heavy atom. The Morgan fingerprint density at radius 1 is 1.09 bits per heavy atom. The summed E-state index contributed by atoms with van der Waals surface area (Å²) in [5.74, 6) is 0. The van der Waals surface area contributed by atoms with Gasteiger partial charge in [0.1, 0.15) is 15.4 Å². The van der Waals surface area contributed by atoms with Crippen molar-refractivity contribution in [2.75, 3.05) is 5.33 Å². The number of aliphatic hydroxyl groups excluding tert-OH is 1. The number of halogens is 2. The molecule has 1 heterocycles. The van der Waals surface area contributed by atoms with Crippen molar-refractivity contribution in [3.8, 4) is 0 Å². The molecule has 1 N–H and O–H groups in total.